The van der Waals surface area contributed by atoms with Crippen LogP contribution < -0.4 is 10.5 Å². The monoisotopic (exact) mass is 232 g/mol. The number of nitrogens with two attached hydrogens (primary N) is 1. The van der Waals surface area contributed by atoms with Gasteiger partial charge in [-0.05, 0) is 19.1 Å². The van der Waals surface area contributed by atoms with Gasteiger partial charge >= 0.3 is 0 Å². The molecule has 0 spiro atoms. The number of aryl methyl sites for hydroxylation is 2. The summed E-state index contributed by atoms with van der Waals surface area (Å²) in [7, 11) is 3.47. The van der Waals surface area contributed by atoms with Gasteiger partial charge in [0.05, 0.1) is 19.2 Å². The van der Waals surface area contributed by atoms with Gasteiger partial charge in [0.1, 0.15) is 11.6 Å². The first-order chi connectivity index (χ1) is 8.15. The molecule has 0 radical (unpaired) electrons. The Bertz CT molecular complexity index is 533. The summed E-state index contributed by atoms with van der Waals surface area (Å²) in [6.07, 6.45) is 0. The summed E-state index contributed by atoms with van der Waals surface area (Å²) in [5, 5.41) is 4.35. The SMILES string of the molecule is COc1ccc(C)cc1-c1nc(CN)n(C)n1. The van der Waals surface area contributed by atoms with Crippen LogP contribution >= 0.6 is 0 Å². The number of nitrogens with zero attached hydrogens (tertiary/aromatic N) is 3. The maximum atomic E-state index is 5.59. The van der Waals surface area contributed by atoms with Crippen LogP contribution in [0.3, 0.4) is 0 Å². The van der Waals surface area contributed by atoms with Gasteiger partial charge in [0.25, 0.3) is 0 Å². The molecule has 0 aliphatic rings. The highest BCUT2D eigenvalue weighted by atomic mass is 16.5. The molecular formula is C12H16N4O. The quantitative estimate of drug-likeness (QED) is 0.865. The smallest absolute Gasteiger partial charge is 0.185 e. The number of benzene rings is 1. The molecular weight excluding hydrogens is 216 g/mol. The topological polar surface area (TPSA) is 66.0 Å². The normalized spacial score (nSPS) is 10.6. The van der Waals surface area contributed by atoms with Crippen LogP contribution in [0, 0.1) is 6.92 Å². The predicted octanol–water partition coefficient (Wildman–Crippen LogP) is 1.26. The lowest BCUT2D eigenvalue weighted by Crippen LogP contribution is -2.05. The molecule has 0 atom stereocenters. The lowest BCUT2D eigenvalue weighted by atomic mass is 10.1. The van der Waals surface area contributed by atoms with E-state index >= 15 is 0 Å². The summed E-state index contributed by atoms with van der Waals surface area (Å²) in [5.41, 5.74) is 7.62. The average Bonchev–Trinajstić information content (AvgIpc) is 2.70. The Balaban J connectivity index is 2.54. The van der Waals surface area contributed by atoms with Crippen LogP contribution in [0.2, 0.25) is 0 Å². The first-order valence-corrected chi connectivity index (χ1v) is 5.40. The third kappa shape index (κ3) is 2.14. The minimum atomic E-state index is 0.373. The van der Waals surface area contributed by atoms with Crippen molar-refractivity contribution in [3.8, 4) is 17.1 Å². The third-order valence-electron chi connectivity index (χ3n) is 2.63. The standard InChI is InChI=1S/C12H16N4O/c1-8-4-5-10(17-3)9(6-8)12-14-11(7-13)16(2)15-12/h4-6H,7,13H2,1-3H3. The van der Waals surface area contributed by atoms with Crippen molar-refractivity contribution in [2.45, 2.75) is 13.5 Å². The van der Waals surface area contributed by atoms with Crippen molar-refractivity contribution < 1.29 is 4.74 Å². The summed E-state index contributed by atoms with van der Waals surface area (Å²) in [6.45, 7) is 2.40. The fourth-order valence-corrected chi connectivity index (χ4v) is 1.71. The maximum Gasteiger partial charge on any atom is 0.185 e. The molecule has 0 amide bonds. The third-order valence-corrected chi connectivity index (χ3v) is 2.63. The molecule has 0 unspecified atom stereocenters. The molecule has 2 rings (SSSR count). The zero-order valence-corrected chi connectivity index (χ0v) is 10.3. The second-order valence-electron chi connectivity index (χ2n) is 3.88. The lowest BCUT2D eigenvalue weighted by Gasteiger charge is -2.05. The van der Waals surface area contributed by atoms with Gasteiger partial charge in [0, 0.05) is 7.05 Å². The summed E-state index contributed by atoms with van der Waals surface area (Å²) in [5.74, 6) is 2.17. The van der Waals surface area contributed by atoms with E-state index < -0.39 is 0 Å². The van der Waals surface area contributed by atoms with Crippen molar-refractivity contribution in [1.29, 1.82) is 0 Å². The molecule has 2 N–H and O–H groups in total. The van der Waals surface area contributed by atoms with Gasteiger partial charge in [0.15, 0.2) is 5.82 Å². The minimum absolute atomic E-state index is 0.373. The van der Waals surface area contributed by atoms with E-state index in [1.54, 1.807) is 11.8 Å². The van der Waals surface area contributed by atoms with Crippen molar-refractivity contribution in [2.75, 3.05) is 7.11 Å². The molecule has 0 saturated heterocycles. The summed E-state index contributed by atoms with van der Waals surface area (Å²) < 4.78 is 7.01. The molecule has 17 heavy (non-hydrogen) atoms. The Hall–Kier alpha value is -1.88. The number of hydrogen-bond donors (Lipinski definition) is 1. The highest BCUT2D eigenvalue weighted by molar-refractivity contribution is 5.64. The van der Waals surface area contributed by atoms with Crippen LogP contribution in [0.4, 0.5) is 0 Å². The van der Waals surface area contributed by atoms with E-state index in [1.807, 2.05) is 32.2 Å². The maximum absolute atomic E-state index is 5.59. The molecule has 1 aromatic heterocycles. The van der Waals surface area contributed by atoms with Crippen molar-refractivity contribution in [3.63, 3.8) is 0 Å². The Labute approximate surface area is 100 Å². The van der Waals surface area contributed by atoms with Gasteiger partial charge in [-0.1, -0.05) is 11.6 Å². The number of aromatic nitrogens is 3. The van der Waals surface area contributed by atoms with E-state index in [9.17, 15) is 0 Å². The van der Waals surface area contributed by atoms with E-state index in [0.717, 1.165) is 22.7 Å². The Kier molecular flexibility index (Phi) is 3.10. The van der Waals surface area contributed by atoms with Gasteiger partial charge in [-0.15, -0.1) is 0 Å². The zero-order valence-electron chi connectivity index (χ0n) is 10.3. The van der Waals surface area contributed by atoms with Crippen LogP contribution in [0.15, 0.2) is 18.2 Å². The van der Waals surface area contributed by atoms with Crippen LogP contribution in [-0.4, -0.2) is 21.9 Å². The van der Waals surface area contributed by atoms with Gasteiger partial charge in [-0.2, -0.15) is 5.10 Å². The summed E-state index contributed by atoms with van der Waals surface area (Å²) >= 11 is 0. The average molecular weight is 232 g/mol. The first kappa shape index (κ1) is 11.6. The molecule has 1 aromatic carbocycles. The molecule has 2 aromatic rings. The molecule has 5 heteroatoms. The van der Waals surface area contributed by atoms with Gasteiger partial charge in [-0.3, -0.25) is 4.68 Å². The van der Waals surface area contributed by atoms with Crippen molar-refractivity contribution >= 4 is 0 Å². The number of hydrogen-bond acceptors (Lipinski definition) is 4. The summed E-state index contributed by atoms with van der Waals surface area (Å²) in [4.78, 5) is 4.40. The van der Waals surface area contributed by atoms with Crippen LogP contribution in [-0.2, 0) is 13.6 Å². The first-order valence-electron chi connectivity index (χ1n) is 5.40. The van der Waals surface area contributed by atoms with Gasteiger partial charge in [0.2, 0.25) is 0 Å². The van der Waals surface area contributed by atoms with Gasteiger partial charge < -0.3 is 10.5 Å². The fraction of sp³-hybridized carbons (Fsp3) is 0.333. The highest BCUT2D eigenvalue weighted by Gasteiger charge is 2.12. The number of methoxy groups -OCH3 is 1. The van der Waals surface area contributed by atoms with E-state index in [0.29, 0.717) is 12.4 Å². The van der Waals surface area contributed by atoms with E-state index in [4.69, 9.17) is 10.5 Å². The largest absolute Gasteiger partial charge is 0.496 e. The molecule has 1 heterocycles. The lowest BCUT2D eigenvalue weighted by molar-refractivity contribution is 0.416. The van der Waals surface area contributed by atoms with Crippen LogP contribution in [0.1, 0.15) is 11.4 Å². The molecule has 5 nitrogen and oxygen atoms in total. The molecule has 0 saturated carbocycles. The Morgan fingerprint density at radius 2 is 2.18 bits per heavy atom. The second-order valence-corrected chi connectivity index (χ2v) is 3.88. The van der Waals surface area contributed by atoms with Crippen molar-refractivity contribution in [2.24, 2.45) is 12.8 Å². The van der Waals surface area contributed by atoms with Gasteiger partial charge in [-0.25, -0.2) is 4.98 Å². The number of ether oxygens (including phenoxy) is 1. The molecule has 0 bridgehead atoms. The van der Waals surface area contributed by atoms with Crippen molar-refractivity contribution in [1.82, 2.24) is 14.8 Å². The predicted molar refractivity (Wildman–Crippen MR) is 65.6 cm³/mol. The summed E-state index contributed by atoms with van der Waals surface area (Å²) in [6, 6.07) is 5.92. The molecule has 0 aliphatic heterocycles. The fourth-order valence-electron chi connectivity index (χ4n) is 1.71. The molecule has 0 fully saturated rings. The van der Waals surface area contributed by atoms with E-state index in [-0.39, 0.29) is 0 Å². The zero-order chi connectivity index (χ0) is 12.4. The van der Waals surface area contributed by atoms with Crippen molar-refractivity contribution in [3.05, 3.63) is 29.6 Å². The van der Waals surface area contributed by atoms with Crippen LogP contribution in [0.25, 0.3) is 11.4 Å². The minimum Gasteiger partial charge on any atom is -0.496 e. The Morgan fingerprint density at radius 1 is 1.41 bits per heavy atom. The second kappa shape index (κ2) is 4.55. The Morgan fingerprint density at radius 3 is 2.76 bits per heavy atom. The highest BCUT2D eigenvalue weighted by Crippen LogP contribution is 2.28. The van der Waals surface area contributed by atoms with Crippen LogP contribution in [0.5, 0.6) is 5.75 Å². The van der Waals surface area contributed by atoms with E-state index in [1.165, 1.54) is 0 Å². The molecule has 0 aliphatic carbocycles. The number of rotatable bonds is 3. The van der Waals surface area contributed by atoms with E-state index in [2.05, 4.69) is 10.1 Å². The molecule has 90 valence electrons.